The Morgan fingerprint density at radius 3 is 2.60 bits per heavy atom. The third-order valence-electron chi connectivity index (χ3n) is 3.34. The molecule has 0 radical (unpaired) electrons. The minimum atomic E-state index is -0.378. The molecule has 15 heavy (non-hydrogen) atoms. The molecule has 1 heterocycles. The second-order valence-corrected chi connectivity index (χ2v) is 5.52. The van der Waals surface area contributed by atoms with Crippen LogP contribution in [0.15, 0.2) is 0 Å². The third kappa shape index (κ3) is 4.52. The Morgan fingerprint density at radius 2 is 2.00 bits per heavy atom. The fourth-order valence-electron chi connectivity index (χ4n) is 2.74. The van der Waals surface area contributed by atoms with Gasteiger partial charge in [-0.15, -0.1) is 0 Å². The number of hydrogen-bond acceptors (Lipinski definition) is 2. The van der Waals surface area contributed by atoms with Crippen molar-refractivity contribution >= 4 is 0 Å². The summed E-state index contributed by atoms with van der Waals surface area (Å²) in [5, 5.41) is 10.5. The number of hydrogen-bond donors (Lipinski definition) is 1. The van der Waals surface area contributed by atoms with Crippen LogP contribution in [0.5, 0.6) is 0 Å². The molecule has 2 nitrogen and oxygen atoms in total. The van der Waals surface area contributed by atoms with Gasteiger partial charge in [-0.25, -0.2) is 0 Å². The second-order valence-electron chi connectivity index (χ2n) is 5.52. The maximum Gasteiger partial charge on any atom is 0.0662 e. The third-order valence-corrected chi connectivity index (χ3v) is 3.34. The Bertz CT molecular complexity index is 181. The van der Waals surface area contributed by atoms with E-state index in [1.165, 1.54) is 19.5 Å². The van der Waals surface area contributed by atoms with Crippen molar-refractivity contribution in [3.05, 3.63) is 0 Å². The Hall–Kier alpha value is -0.0800. The van der Waals surface area contributed by atoms with Gasteiger partial charge in [0.15, 0.2) is 0 Å². The molecule has 1 fully saturated rings. The molecule has 1 N–H and O–H groups in total. The molecule has 0 aromatic rings. The predicted octanol–water partition coefficient (Wildman–Crippen LogP) is 2.66. The van der Waals surface area contributed by atoms with Gasteiger partial charge in [0.2, 0.25) is 0 Å². The topological polar surface area (TPSA) is 23.5 Å². The molecule has 0 aliphatic carbocycles. The fraction of sp³-hybridized carbons (Fsp3) is 1.00. The summed E-state index contributed by atoms with van der Waals surface area (Å²) in [6.45, 7) is 10.1. The van der Waals surface area contributed by atoms with Crippen LogP contribution in [0.2, 0.25) is 0 Å². The maximum absolute atomic E-state index is 10.5. The van der Waals surface area contributed by atoms with Gasteiger partial charge in [-0.2, -0.15) is 0 Å². The van der Waals surface area contributed by atoms with E-state index < -0.39 is 0 Å². The molecule has 0 aromatic heterocycles. The molecular weight excluding hydrogens is 186 g/mol. The first-order valence-electron chi connectivity index (χ1n) is 6.50. The lowest BCUT2D eigenvalue weighted by atomic mass is 9.86. The van der Waals surface area contributed by atoms with Crippen LogP contribution in [0.25, 0.3) is 0 Å². The highest BCUT2D eigenvalue weighted by Crippen LogP contribution is 2.28. The van der Waals surface area contributed by atoms with E-state index in [4.69, 9.17) is 0 Å². The summed E-state index contributed by atoms with van der Waals surface area (Å²) in [6, 6.07) is 0. The predicted molar refractivity (Wildman–Crippen MR) is 65.0 cm³/mol. The molecule has 90 valence electrons. The molecule has 0 amide bonds. The van der Waals surface area contributed by atoms with E-state index in [0.29, 0.717) is 5.92 Å². The molecule has 1 aliphatic rings. The standard InChI is InChI=1S/C13H27NO/c1-4-8-14-9-5-6-13(15,7-10-14)11-12(2)3/h12,15H,4-11H2,1-3H3. The van der Waals surface area contributed by atoms with Crippen LogP contribution in [-0.2, 0) is 0 Å². The van der Waals surface area contributed by atoms with Crippen LogP contribution in [0.4, 0.5) is 0 Å². The smallest absolute Gasteiger partial charge is 0.0662 e. The summed E-state index contributed by atoms with van der Waals surface area (Å²) in [6.07, 6.45) is 5.30. The highest BCUT2D eigenvalue weighted by atomic mass is 16.3. The van der Waals surface area contributed by atoms with Gasteiger partial charge in [-0.1, -0.05) is 20.8 Å². The number of likely N-dealkylation sites (tertiary alicyclic amines) is 1. The summed E-state index contributed by atoms with van der Waals surface area (Å²) in [7, 11) is 0. The van der Waals surface area contributed by atoms with Crippen molar-refractivity contribution in [3.63, 3.8) is 0 Å². The van der Waals surface area contributed by atoms with Gasteiger partial charge in [0.25, 0.3) is 0 Å². The van der Waals surface area contributed by atoms with Crippen molar-refractivity contribution < 1.29 is 5.11 Å². The van der Waals surface area contributed by atoms with Gasteiger partial charge in [0.05, 0.1) is 5.60 Å². The molecule has 1 saturated heterocycles. The molecule has 1 unspecified atom stereocenters. The lowest BCUT2D eigenvalue weighted by Gasteiger charge is -2.28. The fourth-order valence-corrected chi connectivity index (χ4v) is 2.74. The molecule has 2 heteroatoms. The molecule has 1 aliphatic heterocycles. The van der Waals surface area contributed by atoms with E-state index in [2.05, 4.69) is 25.7 Å². The monoisotopic (exact) mass is 213 g/mol. The van der Waals surface area contributed by atoms with E-state index in [1.807, 2.05) is 0 Å². The lowest BCUT2D eigenvalue weighted by Crippen LogP contribution is -2.32. The average molecular weight is 213 g/mol. The van der Waals surface area contributed by atoms with Crippen LogP contribution in [0.1, 0.15) is 52.9 Å². The Kier molecular flexibility index (Phi) is 5.07. The first-order valence-corrected chi connectivity index (χ1v) is 6.50. The van der Waals surface area contributed by atoms with Crippen LogP contribution < -0.4 is 0 Å². The van der Waals surface area contributed by atoms with Gasteiger partial charge in [-0.05, 0) is 51.1 Å². The van der Waals surface area contributed by atoms with Crippen LogP contribution in [0, 0.1) is 5.92 Å². The van der Waals surface area contributed by atoms with E-state index in [-0.39, 0.29) is 5.60 Å². The Balaban J connectivity index is 2.43. The van der Waals surface area contributed by atoms with Crippen molar-refractivity contribution in [1.29, 1.82) is 0 Å². The number of nitrogens with zero attached hydrogens (tertiary/aromatic N) is 1. The van der Waals surface area contributed by atoms with E-state index >= 15 is 0 Å². The zero-order valence-electron chi connectivity index (χ0n) is 10.6. The van der Waals surface area contributed by atoms with Gasteiger partial charge in [0, 0.05) is 6.54 Å². The first-order chi connectivity index (χ1) is 7.06. The van der Waals surface area contributed by atoms with Crippen molar-refractivity contribution in [2.45, 2.75) is 58.5 Å². The quantitative estimate of drug-likeness (QED) is 0.776. The van der Waals surface area contributed by atoms with Gasteiger partial charge in [0.1, 0.15) is 0 Å². The van der Waals surface area contributed by atoms with Crippen molar-refractivity contribution in [2.24, 2.45) is 5.92 Å². The summed E-state index contributed by atoms with van der Waals surface area (Å²) >= 11 is 0. The Labute approximate surface area is 94.7 Å². The highest BCUT2D eigenvalue weighted by molar-refractivity contribution is 4.84. The molecule has 1 rings (SSSR count). The summed E-state index contributed by atoms with van der Waals surface area (Å²) < 4.78 is 0. The zero-order chi connectivity index (χ0) is 11.3. The van der Waals surface area contributed by atoms with E-state index in [9.17, 15) is 5.11 Å². The molecule has 1 atom stereocenters. The second kappa shape index (κ2) is 5.86. The van der Waals surface area contributed by atoms with Gasteiger partial charge < -0.3 is 10.0 Å². The van der Waals surface area contributed by atoms with Crippen LogP contribution >= 0.6 is 0 Å². The first kappa shape index (κ1) is 13.0. The zero-order valence-corrected chi connectivity index (χ0v) is 10.6. The molecule has 0 spiro atoms. The van der Waals surface area contributed by atoms with Crippen molar-refractivity contribution in [3.8, 4) is 0 Å². The van der Waals surface area contributed by atoms with Gasteiger partial charge in [-0.3, -0.25) is 0 Å². The molecule has 0 aromatic carbocycles. The molecular formula is C13H27NO. The SMILES string of the molecule is CCCN1CCCC(O)(CC(C)C)CC1. The lowest BCUT2D eigenvalue weighted by molar-refractivity contribution is 0.00587. The molecule has 0 bridgehead atoms. The highest BCUT2D eigenvalue weighted by Gasteiger charge is 2.30. The van der Waals surface area contributed by atoms with Crippen LogP contribution in [-0.4, -0.2) is 35.2 Å². The summed E-state index contributed by atoms with van der Waals surface area (Å²) in [5.74, 6) is 0.604. The number of aliphatic hydroxyl groups is 1. The minimum Gasteiger partial charge on any atom is -0.390 e. The van der Waals surface area contributed by atoms with Crippen LogP contribution in [0.3, 0.4) is 0 Å². The minimum absolute atomic E-state index is 0.378. The van der Waals surface area contributed by atoms with E-state index in [1.54, 1.807) is 0 Å². The van der Waals surface area contributed by atoms with Crippen molar-refractivity contribution in [1.82, 2.24) is 4.90 Å². The maximum atomic E-state index is 10.5. The molecule has 0 saturated carbocycles. The van der Waals surface area contributed by atoms with Gasteiger partial charge >= 0.3 is 0 Å². The largest absolute Gasteiger partial charge is 0.390 e. The normalized spacial score (nSPS) is 29.4. The van der Waals surface area contributed by atoms with Crippen molar-refractivity contribution in [2.75, 3.05) is 19.6 Å². The summed E-state index contributed by atoms with van der Waals surface area (Å²) in [4.78, 5) is 2.50. The Morgan fingerprint density at radius 1 is 1.27 bits per heavy atom. The van der Waals surface area contributed by atoms with E-state index in [0.717, 1.165) is 32.2 Å². The average Bonchev–Trinajstić information content (AvgIpc) is 2.28. The number of rotatable bonds is 4. The summed E-state index contributed by atoms with van der Waals surface area (Å²) in [5.41, 5.74) is -0.378.